The van der Waals surface area contributed by atoms with E-state index in [-0.39, 0.29) is 30.2 Å². The lowest BCUT2D eigenvalue weighted by atomic mass is 10.1. The second kappa shape index (κ2) is 9.16. The number of carbonyl (C=O) groups excluding carboxylic acids is 2. The average molecular weight is 357 g/mol. The minimum absolute atomic E-state index is 0.174. The summed E-state index contributed by atoms with van der Waals surface area (Å²) in [5, 5.41) is 16.9. The van der Waals surface area contributed by atoms with Crippen molar-refractivity contribution in [3.05, 3.63) is 64.2 Å². The number of rotatable bonds is 8. The Morgan fingerprint density at radius 3 is 2.54 bits per heavy atom. The van der Waals surface area contributed by atoms with Crippen molar-refractivity contribution in [2.24, 2.45) is 0 Å². The molecule has 8 nitrogen and oxygen atoms in total. The number of hydrogen-bond donors (Lipinski definition) is 2. The summed E-state index contributed by atoms with van der Waals surface area (Å²) in [6, 6.07) is 13.3. The number of nitro groups is 1. The van der Waals surface area contributed by atoms with Crippen LogP contribution in [0.4, 0.5) is 17.1 Å². The van der Waals surface area contributed by atoms with Gasteiger partial charge in [-0.05, 0) is 30.7 Å². The molecule has 8 heteroatoms. The lowest BCUT2D eigenvalue weighted by Crippen LogP contribution is -2.25. The summed E-state index contributed by atoms with van der Waals surface area (Å²) < 4.78 is 4.51. The molecule has 0 unspecified atom stereocenters. The van der Waals surface area contributed by atoms with Gasteiger partial charge in [0.1, 0.15) is 5.69 Å². The SMILES string of the molecule is COC(=O)CCCNC(=O)c1ccc(Nc2ccccc2)c([N+](=O)[O-])c1. The minimum Gasteiger partial charge on any atom is -0.469 e. The molecule has 2 rings (SSSR count). The van der Waals surface area contributed by atoms with Crippen molar-refractivity contribution in [3.8, 4) is 0 Å². The van der Waals surface area contributed by atoms with E-state index in [1.165, 1.54) is 25.3 Å². The Morgan fingerprint density at radius 2 is 1.88 bits per heavy atom. The molecule has 0 saturated heterocycles. The van der Waals surface area contributed by atoms with Crippen LogP contribution in [0.15, 0.2) is 48.5 Å². The number of nitrogens with one attached hydrogen (secondary N) is 2. The highest BCUT2D eigenvalue weighted by molar-refractivity contribution is 5.96. The minimum atomic E-state index is -0.542. The topological polar surface area (TPSA) is 111 Å². The molecule has 136 valence electrons. The first-order valence-corrected chi connectivity index (χ1v) is 7.97. The van der Waals surface area contributed by atoms with Crippen LogP contribution in [0.3, 0.4) is 0 Å². The van der Waals surface area contributed by atoms with Gasteiger partial charge in [-0.1, -0.05) is 18.2 Å². The number of benzene rings is 2. The number of anilines is 2. The van der Waals surface area contributed by atoms with Gasteiger partial charge in [0, 0.05) is 30.3 Å². The van der Waals surface area contributed by atoms with Gasteiger partial charge in [0.15, 0.2) is 0 Å². The maximum Gasteiger partial charge on any atom is 0.305 e. The molecule has 0 saturated carbocycles. The highest BCUT2D eigenvalue weighted by atomic mass is 16.6. The van der Waals surface area contributed by atoms with Gasteiger partial charge in [-0.2, -0.15) is 0 Å². The van der Waals surface area contributed by atoms with Crippen molar-refractivity contribution in [2.75, 3.05) is 19.0 Å². The number of para-hydroxylation sites is 1. The molecule has 2 aromatic rings. The van der Waals surface area contributed by atoms with Crippen LogP contribution in [-0.4, -0.2) is 30.5 Å². The van der Waals surface area contributed by atoms with Gasteiger partial charge < -0.3 is 15.4 Å². The molecule has 0 aromatic heterocycles. The molecule has 1 amide bonds. The second-order valence-corrected chi connectivity index (χ2v) is 5.42. The molecular formula is C18H19N3O5. The van der Waals surface area contributed by atoms with E-state index in [4.69, 9.17) is 0 Å². The summed E-state index contributed by atoms with van der Waals surface area (Å²) in [5.74, 6) is -0.796. The Balaban J connectivity index is 2.06. The van der Waals surface area contributed by atoms with Crippen molar-refractivity contribution in [1.29, 1.82) is 0 Å². The molecule has 26 heavy (non-hydrogen) atoms. The number of hydrogen-bond acceptors (Lipinski definition) is 6. The molecule has 0 bridgehead atoms. The van der Waals surface area contributed by atoms with E-state index in [0.29, 0.717) is 17.8 Å². The Kier molecular flexibility index (Phi) is 6.67. The van der Waals surface area contributed by atoms with Gasteiger partial charge in [0.05, 0.1) is 12.0 Å². The number of carbonyl (C=O) groups is 2. The Bertz CT molecular complexity index is 793. The zero-order valence-electron chi connectivity index (χ0n) is 14.2. The van der Waals surface area contributed by atoms with Gasteiger partial charge in [-0.15, -0.1) is 0 Å². The largest absolute Gasteiger partial charge is 0.469 e. The van der Waals surface area contributed by atoms with Crippen LogP contribution in [0.1, 0.15) is 23.2 Å². The van der Waals surface area contributed by atoms with E-state index in [1.807, 2.05) is 18.2 Å². The van der Waals surface area contributed by atoms with E-state index < -0.39 is 10.8 Å². The van der Waals surface area contributed by atoms with Crippen LogP contribution < -0.4 is 10.6 Å². The fourth-order valence-electron chi connectivity index (χ4n) is 2.25. The van der Waals surface area contributed by atoms with E-state index >= 15 is 0 Å². The van der Waals surface area contributed by atoms with Crippen molar-refractivity contribution >= 4 is 28.9 Å². The third-order valence-electron chi connectivity index (χ3n) is 3.58. The summed E-state index contributed by atoms with van der Waals surface area (Å²) in [4.78, 5) is 33.9. The van der Waals surface area contributed by atoms with Gasteiger partial charge in [0.25, 0.3) is 11.6 Å². The van der Waals surface area contributed by atoms with E-state index in [9.17, 15) is 19.7 Å². The molecule has 0 radical (unpaired) electrons. The van der Waals surface area contributed by atoms with Gasteiger partial charge in [-0.25, -0.2) is 0 Å². The van der Waals surface area contributed by atoms with Crippen LogP contribution in [0.25, 0.3) is 0 Å². The van der Waals surface area contributed by atoms with Crippen LogP contribution in [0.2, 0.25) is 0 Å². The van der Waals surface area contributed by atoms with Crippen LogP contribution in [0.5, 0.6) is 0 Å². The van der Waals surface area contributed by atoms with Gasteiger partial charge in [-0.3, -0.25) is 19.7 Å². The molecule has 0 spiro atoms. The quantitative estimate of drug-likeness (QED) is 0.325. The van der Waals surface area contributed by atoms with Crippen LogP contribution in [-0.2, 0) is 9.53 Å². The van der Waals surface area contributed by atoms with E-state index in [1.54, 1.807) is 12.1 Å². The Labute approximate surface area is 150 Å². The third-order valence-corrected chi connectivity index (χ3v) is 3.58. The lowest BCUT2D eigenvalue weighted by Gasteiger charge is -2.09. The first kappa shape index (κ1) is 18.9. The summed E-state index contributed by atoms with van der Waals surface area (Å²) in [7, 11) is 1.30. The molecule has 0 atom stereocenters. The van der Waals surface area contributed by atoms with Gasteiger partial charge in [0.2, 0.25) is 0 Å². The Morgan fingerprint density at radius 1 is 1.15 bits per heavy atom. The van der Waals surface area contributed by atoms with Crippen molar-refractivity contribution < 1.29 is 19.2 Å². The summed E-state index contributed by atoms with van der Waals surface area (Å²) in [5.41, 5.74) is 0.975. The smallest absolute Gasteiger partial charge is 0.305 e. The normalized spacial score (nSPS) is 10.0. The number of esters is 1. The molecular weight excluding hydrogens is 338 g/mol. The van der Waals surface area contributed by atoms with E-state index in [0.717, 1.165) is 0 Å². The highest BCUT2D eigenvalue weighted by Gasteiger charge is 2.17. The predicted molar refractivity (Wildman–Crippen MR) is 96.4 cm³/mol. The number of nitrogens with zero attached hydrogens (tertiary/aromatic N) is 1. The maximum absolute atomic E-state index is 12.1. The highest BCUT2D eigenvalue weighted by Crippen LogP contribution is 2.28. The van der Waals surface area contributed by atoms with Gasteiger partial charge >= 0.3 is 5.97 Å². The van der Waals surface area contributed by atoms with Crippen LogP contribution >= 0.6 is 0 Å². The predicted octanol–water partition coefficient (Wildman–Crippen LogP) is 3.02. The third kappa shape index (κ3) is 5.30. The fraction of sp³-hybridized carbons (Fsp3) is 0.222. The fourth-order valence-corrected chi connectivity index (χ4v) is 2.25. The molecule has 0 fully saturated rings. The number of amides is 1. The van der Waals surface area contributed by atoms with Crippen molar-refractivity contribution in [2.45, 2.75) is 12.8 Å². The monoisotopic (exact) mass is 357 g/mol. The standard InChI is InChI=1S/C18H19N3O5/c1-26-17(22)8-5-11-19-18(23)13-9-10-15(16(12-13)21(24)25)20-14-6-3-2-4-7-14/h2-4,6-7,9-10,12,20H,5,8,11H2,1H3,(H,19,23). The number of ether oxygens (including phenoxy) is 1. The lowest BCUT2D eigenvalue weighted by molar-refractivity contribution is -0.383. The number of methoxy groups -OCH3 is 1. The molecule has 0 heterocycles. The zero-order chi connectivity index (χ0) is 18.9. The summed E-state index contributed by atoms with van der Waals surface area (Å²) in [6.45, 7) is 0.270. The van der Waals surface area contributed by atoms with Crippen molar-refractivity contribution in [3.63, 3.8) is 0 Å². The first-order chi connectivity index (χ1) is 12.5. The molecule has 0 aliphatic rings. The van der Waals surface area contributed by atoms with E-state index in [2.05, 4.69) is 15.4 Å². The first-order valence-electron chi connectivity index (χ1n) is 7.97. The Hall–Kier alpha value is -3.42. The molecule has 0 aliphatic carbocycles. The maximum atomic E-state index is 12.1. The zero-order valence-corrected chi connectivity index (χ0v) is 14.2. The summed E-state index contributed by atoms with van der Waals surface area (Å²) in [6.07, 6.45) is 0.616. The number of nitro benzene ring substituents is 1. The molecule has 0 aliphatic heterocycles. The van der Waals surface area contributed by atoms with Crippen molar-refractivity contribution in [1.82, 2.24) is 5.32 Å². The second-order valence-electron chi connectivity index (χ2n) is 5.42. The molecule has 2 aromatic carbocycles. The average Bonchev–Trinajstić information content (AvgIpc) is 2.65. The summed E-state index contributed by atoms with van der Waals surface area (Å²) >= 11 is 0. The molecule has 2 N–H and O–H groups in total. The van der Waals surface area contributed by atoms with Crippen LogP contribution in [0, 0.1) is 10.1 Å².